The van der Waals surface area contributed by atoms with Crippen LogP contribution in [0.1, 0.15) is 29.0 Å². The minimum absolute atomic E-state index is 0.00926. The molecule has 1 amide bonds. The van der Waals surface area contributed by atoms with Crippen molar-refractivity contribution in [3.8, 4) is 0 Å². The molecular formula is C13H18N2O2. The SMILES string of the molecule is Cc1occc1C(=O)NC1CN2CCC1CC2. The highest BCUT2D eigenvalue weighted by Crippen LogP contribution is 2.27. The summed E-state index contributed by atoms with van der Waals surface area (Å²) in [5.41, 5.74) is 0.668. The van der Waals surface area contributed by atoms with Crippen LogP contribution in [0.15, 0.2) is 16.7 Å². The van der Waals surface area contributed by atoms with Crippen LogP contribution in [0, 0.1) is 12.8 Å². The van der Waals surface area contributed by atoms with E-state index in [1.54, 1.807) is 12.3 Å². The van der Waals surface area contributed by atoms with E-state index in [-0.39, 0.29) is 5.91 Å². The highest BCUT2D eigenvalue weighted by Gasteiger charge is 2.35. The zero-order chi connectivity index (χ0) is 11.8. The molecule has 1 N–H and O–H groups in total. The zero-order valence-electron chi connectivity index (χ0n) is 10.1. The molecule has 0 aliphatic carbocycles. The van der Waals surface area contributed by atoms with Crippen molar-refractivity contribution >= 4 is 5.91 Å². The number of aryl methyl sites for hydroxylation is 1. The van der Waals surface area contributed by atoms with Crippen LogP contribution in [0.5, 0.6) is 0 Å². The van der Waals surface area contributed by atoms with Crippen LogP contribution in [0.3, 0.4) is 0 Å². The standard InChI is InChI=1S/C13H18N2O2/c1-9-11(4-7-17-9)13(16)14-12-8-15-5-2-10(12)3-6-15/h4,7,10,12H,2-3,5-6,8H2,1H3,(H,14,16). The highest BCUT2D eigenvalue weighted by molar-refractivity contribution is 5.95. The van der Waals surface area contributed by atoms with Crippen LogP contribution in [0.2, 0.25) is 0 Å². The van der Waals surface area contributed by atoms with Crippen molar-refractivity contribution in [2.24, 2.45) is 5.92 Å². The van der Waals surface area contributed by atoms with Crippen LogP contribution in [-0.2, 0) is 0 Å². The minimum atomic E-state index is 0.00926. The van der Waals surface area contributed by atoms with Gasteiger partial charge in [-0.15, -0.1) is 0 Å². The maximum Gasteiger partial charge on any atom is 0.255 e. The first kappa shape index (κ1) is 10.8. The average Bonchev–Trinajstić information content (AvgIpc) is 2.77. The summed E-state index contributed by atoms with van der Waals surface area (Å²) in [4.78, 5) is 14.5. The molecule has 0 radical (unpaired) electrons. The average molecular weight is 234 g/mol. The fourth-order valence-electron chi connectivity index (χ4n) is 3.00. The lowest BCUT2D eigenvalue weighted by atomic mass is 9.84. The second kappa shape index (κ2) is 4.18. The molecule has 0 saturated carbocycles. The number of piperidine rings is 3. The molecule has 92 valence electrons. The van der Waals surface area contributed by atoms with E-state index >= 15 is 0 Å². The largest absolute Gasteiger partial charge is 0.469 e. The molecule has 3 aliphatic heterocycles. The van der Waals surface area contributed by atoms with Crippen molar-refractivity contribution in [1.82, 2.24) is 10.2 Å². The van der Waals surface area contributed by atoms with Crippen LogP contribution in [0.25, 0.3) is 0 Å². The van der Waals surface area contributed by atoms with Crippen molar-refractivity contribution < 1.29 is 9.21 Å². The van der Waals surface area contributed by atoms with Crippen LogP contribution < -0.4 is 5.32 Å². The molecule has 4 heterocycles. The Kier molecular flexibility index (Phi) is 2.67. The Balaban J connectivity index is 1.68. The predicted octanol–water partition coefficient (Wildman–Crippen LogP) is 1.41. The predicted molar refractivity (Wildman–Crippen MR) is 63.9 cm³/mol. The summed E-state index contributed by atoms with van der Waals surface area (Å²) < 4.78 is 5.17. The van der Waals surface area contributed by atoms with Gasteiger partial charge in [0.25, 0.3) is 5.91 Å². The van der Waals surface area contributed by atoms with E-state index in [1.807, 2.05) is 6.92 Å². The normalized spacial score (nSPS) is 31.5. The molecule has 17 heavy (non-hydrogen) atoms. The number of carbonyl (C=O) groups excluding carboxylic acids is 1. The lowest BCUT2D eigenvalue weighted by Gasteiger charge is -2.44. The Hall–Kier alpha value is -1.29. The molecule has 3 fully saturated rings. The maximum absolute atomic E-state index is 12.1. The second-order valence-corrected chi connectivity index (χ2v) is 5.11. The summed E-state index contributed by atoms with van der Waals surface area (Å²) in [6.45, 7) is 5.22. The van der Waals surface area contributed by atoms with Gasteiger partial charge >= 0.3 is 0 Å². The molecule has 1 aromatic rings. The third-order valence-corrected chi connectivity index (χ3v) is 4.08. The molecule has 2 bridgehead atoms. The van der Waals surface area contributed by atoms with Crippen LogP contribution in [0.4, 0.5) is 0 Å². The second-order valence-electron chi connectivity index (χ2n) is 5.11. The Bertz CT molecular complexity index is 419. The van der Waals surface area contributed by atoms with Crippen molar-refractivity contribution in [1.29, 1.82) is 0 Å². The molecule has 4 nitrogen and oxygen atoms in total. The van der Waals surface area contributed by atoms with Crippen LogP contribution in [-0.4, -0.2) is 36.5 Å². The quantitative estimate of drug-likeness (QED) is 0.841. The number of nitrogens with one attached hydrogen (secondary N) is 1. The Morgan fingerprint density at radius 2 is 2.24 bits per heavy atom. The number of nitrogens with zero attached hydrogens (tertiary/aromatic N) is 1. The van der Waals surface area contributed by atoms with Gasteiger partial charge in [0.1, 0.15) is 5.76 Å². The Morgan fingerprint density at radius 1 is 1.47 bits per heavy atom. The fourth-order valence-corrected chi connectivity index (χ4v) is 3.00. The Morgan fingerprint density at radius 3 is 2.76 bits per heavy atom. The smallest absolute Gasteiger partial charge is 0.255 e. The summed E-state index contributed by atoms with van der Waals surface area (Å²) in [6.07, 6.45) is 4.01. The molecule has 3 saturated heterocycles. The van der Waals surface area contributed by atoms with E-state index in [9.17, 15) is 4.79 Å². The van der Waals surface area contributed by atoms with Gasteiger partial charge in [0.2, 0.25) is 0 Å². The van der Waals surface area contributed by atoms with E-state index in [0.29, 0.717) is 23.3 Å². The topological polar surface area (TPSA) is 45.5 Å². The van der Waals surface area contributed by atoms with Crippen molar-refractivity contribution in [2.45, 2.75) is 25.8 Å². The fraction of sp³-hybridized carbons (Fsp3) is 0.615. The van der Waals surface area contributed by atoms with Gasteiger partial charge in [-0.25, -0.2) is 0 Å². The molecule has 4 rings (SSSR count). The van der Waals surface area contributed by atoms with Crippen LogP contribution >= 0.6 is 0 Å². The summed E-state index contributed by atoms with van der Waals surface area (Å²) in [5, 5.41) is 3.15. The first-order valence-electron chi connectivity index (χ1n) is 6.31. The van der Waals surface area contributed by atoms with Gasteiger partial charge in [0.05, 0.1) is 11.8 Å². The highest BCUT2D eigenvalue weighted by atomic mass is 16.3. The first-order chi connectivity index (χ1) is 8.24. The van der Waals surface area contributed by atoms with Gasteiger partial charge in [0, 0.05) is 12.6 Å². The van der Waals surface area contributed by atoms with E-state index in [4.69, 9.17) is 4.42 Å². The van der Waals surface area contributed by atoms with E-state index < -0.39 is 0 Å². The van der Waals surface area contributed by atoms with E-state index in [1.165, 1.54) is 25.9 Å². The van der Waals surface area contributed by atoms with E-state index in [2.05, 4.69) is 10.2 Å². The number of hydrogen-bond acceptors (Lipinski definition) is 3. The van der Waals surface area contributed by atoms with Gasteiger partial charge in [-0.05, 0) is 44.8 Å². The third kappa shape index (κ3) is 1.97. The van der Waals surface area contributed by atoms with Gasteiger partial charge in [-0.1, -0.05) is 0 Å². The monoisotopic (exact) mass is 234 g/mol. The number of fused-ring (bicyclic) bond motifs is 3. The van der Waals surface area contributed by atoms with Crippen molar-refractivity contribution in [3.63, 3.8) is 0 Å². The third-order valence-electron chi connectivity index (χ3n) is 4.08. The molecule has 4 heteroatoms. The maximum atomic E-state index is 12.1. The molecular weight excluding hydrogens is 216 g/mol. The minimum Gasteiger partial charge on any atom is -0.469 e. The molecule has 1 unspecified atom stereocenters. The zero-order valence-corrected chi connectivity index (χ0v) is 10.1. The molecule has 3 aliphatic rings. The number of rotatable bonds is 2. The van der Waals surface area contributed by atoms with E-state index in [0.717, 1.165) is 6.54 Å². The van der Waals surface area contributed by atoms with Gasteiger partial charge in [0.15, 0.2) is 0 Å². The number of furan rings is 1. The number of hydrogen-bond donors (Lipinski definition) is 1. The summed E-state index contributed by atoms with van der Waals surface area (Å²) >= 11 is 0. The summed E-state index contributed by atoms with van der Waals surface area (Å²) in [6, 6.07) is 2.06. The molecule has 1 atom stereocenters. The van der Waals surface area contributed by atoms with Crippen molar-refractivity contribution in [2.75, 3.05) is 19.6 Å². The lowest BCUT2D eigenvalue weighted by molar-refractivity contribution is 0.0619. The molecule has 0 aromatic carbocycles. The molecule has 1 aromatic heterocycles. The van der Waals surface area contributed by atoms with Gasteiger partial charge in [-0.3, -0.25) is 4.79 Å². The Labute approximate surface area is 101 Å². The summed E-state index contributed by atoms with van der Waals surface area (Å²) in [5.74, 6) is 1.37. The lowest BCUT2D eigenvalue weighted by Crippen LogP contribution is -2.57. The first-order valence-corrected chi connectivity index (χ1v) is 6.31. The van der Waals surface area contributed by atoms with Gasteiger partial charge in [-0.2, -0.15) is 0 Å². The van der Waals surface area contributed by atoms with Gasteiger partial charge < -0.3 is 14.6 Å². The van der Waals surface area contributed by atoms with Crippen molar-refractivity contribution in [3.05, 3.63) is 23.7 Å². The molecule has 0 spiro atoms. The number of amides is 1. The number of carbonyl (C=O) groups is 1. The summed E-state index contributed by atoms with van der Waals surface area (Å²) in [7, 11) is 0.